The molecule has 0 aromatic carbocycles. The Kier molecular flexibility index (Phi) is 4.96. The number of aromatic nitrogens is 1. The summed E-state index contributed by atoms with van der Waals surface area (Å²) >= 11 is 0. The second-order valence-corrected chi connectivity index (χ2v) is 4.31. The van der Waals surface area contributed by atoms with Crippen LogP contribution >= 0.6 is 0 Å². The van der Waals surface area contributed by atoms with Crippen LogP contribution in [-0.4, -0.2) is 17.1 Å². The first-order chi connectivity index (χ1) is 7.63. The lowest BCUT2D eigenvalue weighted by atomic mass is 10.0. The summed E-state index contributed by atoms with van der Waals surface area (Å²) in [5.74, 6) is 0.257. The first-order valence-corrected chi connectivity index (χ1v) is 5.74. The lowest BCUT2D eigenvalue weighted by Gasteiger charge is -2.17. The molecule has 1 aromatic rings. The van der Waals surface area contributed by atoms with Crippen molar-refractivity contribution in [2.45, 2.75) is 39.7 Å². The molecule has 16 heavy (non-hydrogen) atoms. The molecule has 0 amide bonds. The molecule has 88 valence electrons. The summed E-state index contributed by atoms with van der Waals surface area (Å²) in [6.45, 7) is 6.28. The van der Waals surface area contributed by atoms with Crippen LogP contribution in [0.25, 0.3) is 0 Å². The molecule has 0 spiro atoms. The second kappa shape index (κ2) is 6.26. The van der Waals surface area contributed by atoms with Gasteiger partial charge in [-0.3, -0.25) is 4.98 Å². The summed E-state index contributed by atoms with van der Waals surface area (Å²) in [5.41, 5.74) is 0.518. The molecule has 1 aromatic heterocycles. The standard InChI is InChI=1S/C13H19NO2/c1-4-12(8-10(2)3)16-13(15)11-6-5-7-14-9-11/h5-7,9-10,12H,4,8H2,1-3H3. The van der Waals surface area contributed by atoms with Crippen molar-refractivity contribution < 1.29 is 9.53 Å². The van der Waals surface area contributed by atoms with E-state index in [1.807, 2.05) is 6.92 Å². The zero-order valence-corrected chi connectivity index (χ0v) is 10.1. The van der Waals surface area contributed by atoms with E-state index in [-0.39, 0.29) is 12.1 Å². The van der Waals surface area contributed by atoms with E-state index >= 15 is 0 Å². The van der Waals surface area contributed by atoms with Gasteiger partial charge < -0.3 is 4.74 Å². The fraction of sp³-hybridized carbons (Fsp3) is 0.538. The monoisotopic (exact) mass is 221 g/mol. The molecule has 1 rings (SSSR count). The van der Waals surface area contributed by atoms with Gasteiger partial charge >= 0.3 is 5.97 Å². The SMILES string of the molecule is CCC(CC(C)C)OC(=O)c1cccnc1. The van der Waals surface area contributed by atoms with Gasteiger partial charge in [-0.15, -0.1) is 0 Å². The van der Waals surface area contributed by atoms with E-state index < -0.39 is 0 Å². The Morgan fingerprint density at radius 2 is 2.25 bits per heavy atom. The molecule has 0 saturated carbocycles. The molecule has 3 nitrogen and oxygen atoms in total. The van der Waals surface area contributed by atoms with Gasteiger partial charge in [0.2, 0.25) is 0 Å². The molecular formula is C13H19NO2. The fourth-order valence-electron chi connectivity index (χ4n) is 1.53. The minimum Gasteiger partial charge on any atom is -0.459 e. The molecule has 0 N–H and O–H groups in total. The van der Waals surface area contributed by atoms with E-state index in [9.17, 15) is 4.79 Å². The van der Waals surface area contributed by atoms with Crippen molar-refractivity contribution in [3.8, 4) is 0 Å². The van der Waals surface area contributed by atoms with Crippen LogP contribution in [0.5, 0.6) is 0 Å². The first-order valence-electron chi connectivity index (χ1n) is 5.74. The van der Waals surface area contributed by atoms with Crippen molar-refractivity contribution in [2.75, 3.05) is 0 Å². The number of carbonyl (C=O) groups excluding carboxylic acids is 1. The van der Waals surface area contributed by atoms with E-state index in [1.165, 1.54) is 6.20 Å². The maximum absolute atomic E-state index is 11.7. The number of hydrogen-bond acceptors (Lipinski definition) is 3. The molecule has 0 aliphatic carbocycles. The van der Waals surface area contributed by atoms with E-state index in [0.29, 0.717) is 11.5 Å². The third-order valence-electron chi connectivity index (χ3n) is 2.36. The predicted molar refractivity (Wildman–Crippen MR) is 63.2 cm³/mol. The highest BCUT2D eigenvalue weighted by Crippen LogP contribution is 2.13. The topological polar surface area (TPSA) is 39.2 Å². The van der Waals surface area contributed by atoms with Crippen molar-refractivity contribution in [3.05, 3.63) is 30.1 Å². The highest BCUT2D eigenvalue weighted by molar-refractivity contribution is 5.89. The number of rotatable bonds is 5. The van der Waals surface area contributed by atoms with Crippen LogP contribution in [-0.2, 0) is 4.74 Å². The van der Waals surface area contributed by atoms with Gasteiger partial charge in [-0.25, -0.2) is 4.79 Å². The van der Waals surface area contributed by atoms with Gasteiger partial charge in [0.15, 0.2) is 0 Å². The lowest BCUT2D eigenvalue weighted by molar-refractivity contribution is 0.0244. The van der Waals surface area contributed by atoms with Gasteiger partial charge in [0.1, 0.15) is 6.10 Å². The Bertz CT molecular complexity index is 322. The molecule has 0 aliphatic heterocycles. The molecule has 1 unspecified atom stereocenters. The highest BCUT2D eigenvalue weighted by atomic mass is 16.5. The number of nitrogens with zero attached hydrogens (tertiary/aromatic N) is 1. The van der Waals surface area contributed by atoms with Crippen LogP contribution in [0.1, 0.15) is 44.0 Å². The molecule has 1 heterocycles. The second-order valence-electron chi connectivity index (χ2n) is 4.31. The number of pyridine rings is 1. The molecule has 0 fully saturated rings. The largest absolute Gasteiger partial charge is 0.459 e. The molecule has 0 radical (unpaired) electrons. The average molecular weight is 221 g/mol. The molecule has 1 atom stereocenters. The van der Waals surface area contributed by atoms with Crippen LogP contribution in [0.2, 0.25) is 0 Å². The molecule has 3 heteroatoms. The zero-order chi connectivity index (χ0) is 12.0. The van der Waals surface area contributed by atoms with Crippen LogP contribution < -0.4 is 0 Å². The van der Waals surface area contributed by atoms with E-state index in [0.717, 1.165) is 12.8 Å². The number of hydrogen-bond donors (Lipinski definition) is 0. The average Bonchev–Trinajstić information content (AvgIpc) is 2.28. The summed E-state index contributed by atoms with van der Waals surface area (Å²) < 4.78 is 5.42. The van der Waals surface area contributed by atoms with Gasteiger partial charge in [-0.05, 0) is 30.9 Å². The summed E-state index contributed by atoms with van der Waals surface area (Å²) in [7, 11) is 0. The van der Waals surface area contributed by atoms with E-state index in [2.05, 4.69) is 18.8 Å². The molecule has 0 saturated heterocycles. The Morgan fingerprint density at radius 1 is 1.50 bits per heavy atom. The number of carbonyl (C=O) groups is 1. The summed E-state index contributed by atoms with van der Waals surface area (Å²) in [4.78, 5) is 15.6. The van der Waals surface area contributed by atoms with Gasteiger partial charge in [0.25, 0.3) is 0 Å². The van der Waals surface area contributed by atoms with Crippen molar-refractivity contribution in [2.24, 2.45) is 5.92 Å². The van der Waals surface area contributed by atoms with Crippen molar-refractivity contribution in [3.63, 3.8) is 0 Å². The number of ether oxygens (including phenoxy) is 1. The van der Waals surface area contributed by atoms with Gasteiger partial charge in [-0.2, -0.15) is 0 Å². The molecule has 0 bridgehead atoms. The normalized spacial score (nSPS) is 12.5. The molecule has 0 aliphatic rings. The third-order valence-corrected chi connectivity index (χ3v) is 2.36. The zero-order valence-electron chi connectivity index (χ0n) is 10.1. The van der Waals surface area contributed by atoms with E-state index in [1.54, 1.807) is 18.3 Å². The maximum atomic E-state index is 11.7. The quantitative estimate of drug-likeness (QED) is 0.717. The lowest BCUT2D eigenvalue weighted by Crippen LogP contribution is -2.19. The minimum atomic E-state index is -0.277. The highest BCUT2D eigenvalue weighted by Gasteiger charge is 2.15. The summed E-state index contributed by atoms with van der Waals surface area (Å²) in [6.07, 6.45) is 4.94. The Morgan fingerprint density at radius 3 is 2.75 bits per heavy atom. The Balaban J connectivity index is 2.56. The molecular weight excluding hydrogens is 202 g/mol. The third kappa shape index (κ3) is 4.01. The summed E-state index contributed by atoms with van der Waals surface area (Å²) in [5, 5.41) is 0. The van der Waals surface area contributed by atoms with Crippen molar-refractivity contribution in [1.29, 1.82) is 0 Å². The minimum absolute atomic E-state index is 0.00714. The smallest absolute Gasteiger partial charge is 0.339 e. The van der Waals surface area contributed by atoms with E-state index in [4.69, 9.17) is 4.74 Å². The fourth-order valence-corrected chi connectivity index (χ4v) is 1.53. The predicted octanol–water partition coefficient (Wildman–Crippen LogP) is 3.06. The van der Waals surface area contributed by atoms with Gasteiger partial charge in [-0.1, -0.05) is 20.8 Å². The van der Waals surface area contributed by atoms with Crippen LogP contribution in [0, 0.1) is 5.92 Å². The maximum Gasteiger partial charge on any atom is 0.339 e. The van der Waals surface area contributed by atoms with Gasteiger partial charge in [0.05, 0.1) is 5.56 Å². The van der Waals surface area contributed by atoms with Gasteiger partial charge in [0, 0.05) is 12.4 Å². The number of esters is 1. The first kappa shape index (κ1) is 12.7. The van der Waals surface area contributed by atoms with Crippen LogP contribution in [0.4, 0.5) is 0 Å². The van der Waals surface area contributed by atoms with Crippen molar-refractivity contribution in [1.82, 2.24) is 4.98 Å². The van der Waals surface area contributed by atoms with Crippen LogP contribution in [0.15, 0.2) is 24.5 Å². The summed E-state index contributed by atoms with van der Waals surface area (Å²) in [6, 6.07) is 3.46. The van der Waals surface area contributed by atoms with Crippen molar-refractivity contribution >= 4 is 5.97 Å². The Hall–Kier alpha value is -1.38. The van der Waals surface area contributed by atoms with Crippen LogP contribution in [0.3, 0.4) is 0 Å². The Labute approximate surface area is 96.8 Å².